The number of H-pyrrole nitrogens is 1. The van der Waals surface area contributed by atoms with Gasteiger partial charge in [-0.3, -0.25) is 9.89 Å². The fraction of sp³-hybridized carbons (Fsp3) is 0.400. The minimum absolute atomic E-state index is 0.0961. The average molecular weight is 206 g/mol. The van der Waals surface area contributed by atoms with Crippen LogP contribution >= 0.6 is 0 Å². The molecule has 1 aromatic heterocycles. The molecule has 0 aromatic carbocycles. The Morgan fingerprint density at radius 1 is 1.60 bits per heavy atom. The highest BCUT2D eigenvalue weighted by Crippen LogP contribution is 2.16. The van der Waals surface area contributed by atoms with Crippen LogP contribution in [0.1, 0.15) is 22.6 Å². The van der Waals surface area contributed by atoms with Gasteiger partial charge >= 0.3 is 0 Å². The van der Waals surface area contributed by atoms with Gasteiger partial charge in [-0.25, -0.2) is 0 Å². The smallest absolute Gasteiger partial charge is 0.276 e. The molecule has 0 saturated carbocycles. The zero-order valence-corrected chi connectivity index (χ0v) is 8.66. The van der Waals surface area contributed by atoms with E-state index in [0.717, 1.165) is 18.7 Å². The molecule has 5 nitrogen and oxygen atoms in total. The van der Waals surface area contributed by atoms with Gasteiger partial charge in [0.1, 0.15) is 0 Å². The number of hydrogen-bond donors (Lipinski definition) is 2. The molecule has 2 rings (SSSR count). The maximum absolute atomic E-state index is 12.0. The normalized spacial score (nSPS) is 15.7. The third-order valence-electron chi connectivity index (χ3n) is 2.54. The van der Waals surface area contributed by atoms with Gasteiger partial charge in [0.25, 0.3) is 5.91 Å². The van der Waals surface area contributed by atoms with Gasteiger partial charge < -0.3 is 10.6 Å². The molecule has 0 radical (unpaired) electrons. The number of nitrogens with two attached hydrogens (primary N) is 1. The summed E-state index contributed by atoms with van der Waals surface area (Å²) in [5.41, 5.74) is 7.28. The molecule has 2 heterocycles. The van der Waals surface area contributed by atoms with Gasteiger partial charge in [-0.2, -0.15) is 5.10 Å². The Kier molecular flexibility index (Phi) is 2.45. The van der Waals surface area contributed by atoms with Gasteiger partial charge in [0.05, 0.1) is 11.4 Å². The van der Waals surface area contributed by atoms with Crippen molar-refractivity contribution in [3.63, 3.8) is 0 Å². The molecule has 0 spiro atoms. The number of nitrogen functional groups attached to an aromatic ring is 1. The van der Waals surface area contributed by atoms with Crippen LogP contribution in [0.5, 0.6) is 0 Å². The Bertz CT molecular complexity index is 408. The van der Waals surface area contributed by atoms with Crippen LogP contribution in [0.4, 0.5) is 5.69 Å². The first-order valence-corrected chi connectivity index (χ1v) is 4.95. The van der Waals surface area contributed by atoms with Crippen molar-refractivity contribution in [3.8, 4) is 0 Å². The van der Waals surface area contributed by atoms with Crippen molar-refractivity contribution >= 4 is 11.6 Å². The van der Waals surface area contributed by atoms with Crippen LogP contribution in [-0.2, 0) is 0 Å². The first-order chi connectivity index (χ1) is 7.20. The summed E-state index contributed by atoms with van der Waals surface area (Å²) in [5, 5.41) is 6.64. The topological polar surface area (TPSA) is 75.0 Å². The molecule has 0 atom stereocenters. The molecule has 15 heavy (non-hydrogen) atoms. The molecular formula is C10H14N4O. The van der Waals surface area contributed by atoms with Crippen LogP contribution in [-0.4, -0.2) is 34.1 Å². The fourth-order valence-electron chi connectivity index (χ4n) is 1.58. The Morgan fingerprint density at radius 3 is 2.93 bits per heavy atom. The molecule has 1 aliphatic rings. The summed E-state index contributed by atoms with van der Waals surface area (Å²) < 4.78 is 0. The van der Waals surface area contributed by atoms with E-state index in [1.165, 1.54) is 0 Å². The maximum Gasteiger partial charge on any atom is 0.276 e. The molecule has 5 heteroatoms. The van der Waals surface area contributed by atoms with Crippen molar-refractivity contribution in [2.24, 2.45) is 0 Å². The average Bonchev–Trinajstić information content (AvgIpc) is 2.60. The van der Waals surface area contributed by atoms with E-state index in [-0.39, 0.29) is 5.91 Å². The Balaban J connectivity index is 2.20. The lowest BCUT2D eigenvalue weighted by Crippen LogP contribution is -2.34. The second kappa shape index (κ2) is 3.76. The van der Waals surface area contributed by atoms with E-state index in [9.17, 15) is 4.79 Å². The van der Waals surface area contributed by atoms with E-state index in [0.29, 0.717) is 17.9 Å². The number of amides is 1. The summed E-state index contributed by atoms with van der Waals surface area (Å²) in [4.78, 5) is 13.7. The van der Waals surface area contributed by atoms with Crippen molar-refractivity contribution in [2.45, 2.75) is 13.3 Å². The first kappa shape index (κ1) is 9.76. The lowest BCUT2D eigenvalue weighted by atomic mass is 10.2. The molecule has 1 aliphatic heterocycles. The van der Waals surface area contributed by atoms with Crippen LogP contribution in [0.15, 0.2) is 12.2 Å². The molecule has 80 valence electrons. The number of carbonyl (C=O) groups excluding carboxylic acids is 1. The van der Waals surface area contributed by atoms with Gasteiger partial charge in [-0.1, -0.05) is 12.2 Å². The third-order valence-corrected chi connectivity index (χ3v) is 2.54. The summed E-state index contributed by atoms with van der Waals surface area (Å²) in [6, 6.07) is 0. The highest BCUT2D eigenvalue weighted by atomic mass is 16.2. The zero-order valence-electron chi connectivity index (χ0n) is 8.66. The largest absolute Gasteiger partial charge is 0.395 e. The quantitative estimate of drug-likeness (QED) is 0.664. The number of carbonyl (C=O) groups is 1. The lowest BCUT2D eigenvalue weighted by molar-refractivity contribution is 0.0766. The number of anilines is 1. The lowest BCUT2D eigenvalue weighted by Gasteiger charge is -2.22. The molecule has 3 N–H and O–H groups in total. The van der Waals surface area contributed by atoms with Gasteiger partial charge in [-0.15, -0.1) is 0 Å². The number of nitrogens with zero attached hydrogens (tertiary/aromatic N) is 2. The van der Waals surface area contributed by atoms with E-state index in [2.05, 4.69) is 16.3 Å². The number of rotatable bonds is 1. The summed E-state index contributed by atoms with van der Waals surface area (Å²) in [7, 11) is 0. The second-order valence-corrected chi connectivity index (χ2v) is 3.62. The highest BCUT2D eigenvalue weighted by Gasteiger charge is 2.21. The molecule has 0 fully saturated rings. The van der Waals surface area contributed by atoms with Gasteiger partial charge in [0.2, 0.25) is 0 Å². The van der Waals surface area contributed by atoms with Crippen LogP contribution in [0.2, 0.25) is 0 Å². The second-order valence-electron chi connectivity index (χ2n) is 3.62. The van der Waals surface area contributed by atoms with E-state index in [1.54, 1.807) is 11.8 Å². The Hall–Kier alpha value is -1.78. The number of hydrogen-bond acceptors (Lipinski definition) is 3. The molecule has 0 bridgehead atoms. The minimum Gasteiger partial charge on any atom is -0.395 e. The van der Waals surface area contributed by atoms with E-state index in [1.807, 2.05) is 6.08 Å². The molecule has 0 saturated heterocycles. The zero-order chi connectivity index (χ0) is 10.8. The maximum atomic E-state index is 12.0. The summed E-state index contributed by atoms with van der Waals surface area (Å²) in [6.07, 6.45) is 4.95. The van der Waals surface area contributed by atoms with Gasteiger partial charge in [0, 0.05) is 13.1 Å². The fourth-order valence-corrected chi connectivity index (χ4v) is 1.58. The molecule has 1 aromatic rings. The summed E-state index contributed by atoms with van der Waals surface area (Å²) in [5.74, 6) is -0.0961. The van der Waals surface area contributed by atoms with Crippen molar-refractivity contribution < 1.29 is 4.79 Å². The van der Waals surface area contributed by atoms with Crippen molar-refractivity contribution in [3.05, 3.63) is 23.5 Å². The summed E-state index contributed by atoms with van der Waals surface area (Å²) in [6.45, 7) is 3.18. The number of nitrogens with one attached hydrogen (secondary N) is 1. The third kappa shape index (κ3) is 1.72. The SMILES string of the molecule is Cc1[nH]nc(C(=O)N2CC=CCC2)c1N. The van der Waals surface area contributed by atoms with Crippen LogP contribution in [0, 0.1) is 6.92 Å². The Labute approximate surface area is 87.9 Å². The van der Waals surface area contributed by atoms with Crippen molar-refractivity contribution in [1.29, 1.82) is 0 Å². The van der Waals surface area contributed by atoms with E-state index in [4.69, 9.17) is 5.73 Å². The predicted molar refractivity (Wildman–Crippen MR) is 57.4 cm³/mol. The number of aromatic amines is 1. The van der Waals surface area contributed by atoms with E-state index >= 15 is 0 Å². The standard InChI is InChI=1S/C10H14N4O/c1-7-8(11)9(13-12-7)10(15)14-5-3-2-4-6-14/h2-3H,4-6,11H2,1H3,(H,12,13). The highest BCUT2D eigenvalue weighted by molar-refractivity contribution is 5.97. The van der Waals surface area contributed by atoms with Crippen LogP contribution in [0.25, 0.3) is 0 Å². The Morgan fingerprint density at radius 2 is 2.40 bits per heavy atom. The number of aryl methyl sites for hydroxylation is 1. The van der Waals surface area contributed by atoms with Crippen LogP contribution < -0.4 is 5.73 Å². The van der Waals surface area contributed by atoms with Gasteiger partial charge in [-0.05, 0) is 13.3 Å². The molecule has 0 aliphatic carbocycles. The van der Waals surface area contributed by atoms with Gasteiger partial charge in [0.15, 0.2) is 5.69 Å². The number of aromatic nitrogens is 2. The monoisotopic (exact) mass is 206 g/mol. The van der Waals surface area contributed by atoms with Crippen molar-refractivity contribution in [1.82, 2.24) is 15.1 Å². The molecular weight excluding hydrogens is 192 g/mol. The van der Waals surface area contributed by atoms with Crippen molar-refractivity contribution in [2.75, 3.05) is 18.8 Å². The molecule has 0 unspecified atom stereocenters. The van der Waals surface area contributed by atoms with E-state index < -0.39 is 0 Å². The first-order valence-electron chi connectivity index (χ1n) is 4.95. The predicted octanol–water partition coefficient (Wildman–Crippen LogP) is 0.702. The molecule has 1 amide bonds. The summed E-state index contributed by atoms with van der Waals surface area (Å²) >= 11 is 0. The minimum atomic E-state index is -0.0961. The van der Waals surface area contributed by atoms with Crippen LogP contribution in [0.3, 0.4) is 0 Å².